The number of amides is 1. The minimum absolute atomic E-state index is 0.00228. The van der Waals surface area contributed by atoms with E-state index >= 15 is 0 Å². The molecule has 1 aromatic rings. The molecule has 6 heteroatoms. The molecule has 0 spiro atoms. The average molecular weight is 223 g/mol. The van der Waals surface area contributed by atoms with Crippen LogP contribution in [0.4, 0.5) is 0 Å². The number of carboxylic acid groups (broad SMARTS) is 1. The Labute approximate surface area is 92.5 Å². The second-order valence-electron chi connectivity index (χ2n) is 3.82. The zero-order valence-corrected chi connectivity index (χ0v) is 8.80. The highest BCUT2D eigenvalue weighted by molar-refractivity contribution is 5.87. The number of likely N-dealkylation sites (tertiary alicyclic amines) is 1. The molecule has 86 valence electrons. The van der Waals surface area contributed by atoms with Crippen molar-refractivity contribution in [3.63, 3.8) is 0 Å². The van der Waals surface area contributed by atoms with Crippen molar-refractivity contribution in [2.75, 3.05) is 13.1 Å². The first-order chi connectivity index (χ1) is 7.66. The van der Waals surface area contributed by atoms with Gasteiger partial charge in [0, 0.05) is 19.3 Å². The fraction of sp³-hybridized carbons (Fsp3) is 0.500. The van der Waals surface area contributed by atoms with E-state index in [9.17, 15) is 9.59 Å². The van der Waals surface area contributed by atoms with E-state index in [1.807, 2.05) is 0 Å². The molecule has 0 saturated carbocycles. The van der Waals surface area contributed by atoms with E-state index < -0.39 is 5.97 Å². The van der Waals surface area contributed by atoms with Gasteiger partial charge in [0.05, 0.1) is 11.8 Å². The molecule has 6 nitrogen and oxygen atoms in total. The summed E-state index contributed by atoms with van der Waals surface area (Å²) in [5, 5.41) is 12.5. The van der Waals surface area contributed by atoms with Crippen LogP contribution in [0.15, 0.2) is 12.4 Å². The Kier molecular flexibility index (Phi) is 2.89. The molecule has 2 heterocycles. The third kappa shape index (κ3) is 2.21. The molecule has 0 atom stereocenters. The number of aromatic nitrogens is 2. The molecular weight excluding hydrogens is 210 g/mol. The van der Waals surface area contributed by atoms with E-state index in [1.54, 1.807) is 4.90 Å². The van der Waals surface area contributed by atoms with Crippen LogP contribution in [0.3, 0.4) is 0 Å². The zero-order valence-electron chi connectivity index (χ0n) is 8.80. The number of carboxylic acids is 1. The highest BCUT2D eigenvalue weighted by Gasteiger charge is 2.18. The summed E-state index contributed by atoms with van der Waals surface area (Å²) in [6.07, 6.45) is 4.71. The van der Waals surface area contributed by atoms with Gasteiger partial charge in [-0.3, -0.25) is 9.48 Å². The quantitative estimate of drug-likeness (QED) is 0.794. The molecule has 16 heavy (non-hydrogen) atoms. The van der Waals surface area contributed by atoms with Crippen molar-refractivity contribution >= 4 is 11.9 Å². The Balaban J connectivity index is 1.97. The van der Waals surface area contributed by atoms with Gasteiger partial charge in [-0.15, -0.1) is 0 Å². The zero-order chi connectivity index (χ0) is 11.5. The van der Waals surface area contributed by atoms with Crippen LogP contribution in [0, 0.1) is 0 Å². The molecule has 0 aromatic carbocycles. The van der Waals surface area contributed by atoms with Crippen molar-refractivity contribution in [2.24, 2.45) is 0 Å². The minimum Gasteiger partial charge on any atom is -0.478 e. The Morgan fingerprint density at radius 1 is 1.38 bits per heavy atom. The Hall–Kier alpha value is -1.85. The van der Waals surface area contributed by atoms with Gasteiger partial charge in [-0.2, -0.15) is 5.10 Å². The molecule has 0 unspecified atom stereocenters. The maximum atomic E-state index is 11.7. The van der Waals surface area contributed by atoms with Crippen LogP contribution >= 0.6 is 0 Å². The van der Waals surface area contributed by atoms with Crippen molar-refractivity contribution < 1.29 is 14.7 Å². The number of carbonyl (C=O) groups is 2. The Bertz CT molecular complexity index is 407. The van der Waals surface area contributed by atoms with Crippen molar-refractivity contribution in [1.29, 1.82) is 0 Å². The van der Waals surface area contributed by atoms with E-state index in [1.165, 1.54) is 17.1 Å². The smallest absolute Gasteiger partial charge is 0.338 e. The van der Waals surface area contributed by atoms with Gasteiger partial charge < -0.3 is 10.0 Å². The van der Waals surface area contributed by atoms with Gasteiger partial charge in [0.2, 0.25) is 5.91 Å². The summed E-state index contributed by atoms with van der Waals surface area (Å²) in [7, 11) is 0. The number of rotatable bonds is 3. The molecule has 1 aliphatic rings. The normalized spacial score (nSPS) is 15.4. The standard InChI is InChI=1S/C10H13N3O3/c14-9(12-3-1-2-4-12)7-13-6-8(5-11-13)10(15)16/h5-6H,1-4,7H2,(H,15,16). The molecule has 1 saturated heterocycles. The lowest BCUT2D eigenvalue weighted by molar-refractivity contribution is -0.130. The Morgan fingerprint density at radius 2 is 2.06 bits per heavy atom. The predicted octanol–water partition coefficient (Wildman–Crippen LogP) is 0.204. The van der Waals surface area contributed by atoms with Gasteiger partial charge in [-0.1, -0.05) is 0 Å². The summed E-state index contributed by atoms with van der Waals surface area (Å²) in [4.78, 5) is 24.1. The maximum Gasteiger partial charge on any atom is 0.338 e. The number of aromatic carboxylic acids is 1. The third-order valence-corrected chi connectivity index (χ3v) is 2.64. The summed E-state index contributed by atoms with van der Waals surface area (Å²) in [5.74, 6) is -1.03. The molecule has 2 rings (SSSR count). The van der Waals surface area contributed by atoms with Crippen LogP contribution in [-0.4, -0.2) is 44.8 Å². The van der Waals surface area contributed by atoms with E-state index in [2.05, 4.69) is 5.10 Å². The third-order valence-electron chi connectivity index (χ3n) is 2.64. The van der Waals surface area contributed by atoms with E-state index in [0.717, 1.165) is 25.9 Å². The monoisotopic (exact) mass is 223 g/mol. The molecule has 0 radical (unpaired) electrons. The molecule has 0 bridgehead atoms. The van der Waals surface area contributed by atoms with E-state index in [4.69, 9.17) is 5.11 Å². The first kappa shape index (κ1) is 10.7. The highest BCUT2D eigenvalue weighted by atomic mass is 16.4. The van der Waals surface area contributed by atoms with Crippen LogP contribution < -0.4 is 0 Å². The lowest BCUT2D eigenvalue weighted by Crippen LogP contribution is -2.31. The average Bonchev–Trinajstić information content (AvgIpc) is 2.87. The first-order valence-corrected chi connectivity index (χ1v) is 5.20. The lowest BCUT2D eigenvalue weighted by atomic mass is 10.4. The van der Waals surface area contributed by atoms with Crippen LogP contribution in [0.5, 0.6) is 0 Å². The van der Waals surface area contributed by atoms with Gasteiger partial charge in [0.25, 0.3) is 0 Å². The lowest BCUT2D eigenvalue weighted by Gasteiger charge is -2.14. The fourth-order valence-electron chi connectivity index (χ4n) is 1.77. The maximum absolute atomic E-state index is 11.7. The van der Waals surface area contributed by atoms with Crippen molar-refractivity contribution in [1.82, 2.24) is 14.7 Å². The number of nitrogens with zero attached hydrogens (tertiary/aromatic N) is 3. The summed E-state index contributed by atoms with van der Waals surface area (Å²) in [5.41, 5.74) is 0.106. The largest absolute Gasteiger partial charge is 0.478 e. The van der Waals surface area contributed by atoms with Gasteiger partial charge in [0.1, 0.15) is 6.54 Å². The number of carbonyl (C=O) groups excluding carboxylic acids is 1. The topological polar surface area (TPSA) is 75.4 Å². The summed E-state index contributed by atoms with van der Waals surface area (Å²) >= 11 is 0. The van der Waals surface area contributed by atoms with Crippen LogP contribution in [0.2, 0.25) is 0 Å². The molecule has 1 fully saturated rings. The van der Waals surface area contributed by atoms with E-state index in [-0.39, 0.29) is 18.0 Å². The van der Waals surface area contributed by atoms with Crippen molar-refractivity contribution in [3.8, 4) is 0 Å². The second kappa shape index (κ2) is 4.34. The van der Waals surface area contributed by atoms with Crippen LogP contribution in [0.1, 0.15) is 23.2 Å². The summed E-state index contributed by atoms with van der Waals surface area (Å²) < 4.78 is 1.37. The Morgan fingerprint density at radius 3 is 2.62 bits per heavy atom. The summed E-state index contributed by atoms with van der Waals surface area (Å²) in [6.45, 7) is 1.71. The predicted molar refractivity (Wildman–Crippen MR) is 55.0 cm³/mol. The van der Waals surface area contributed by atoms with Crippen LogP contribution in [-0.2, 0) is 11.3 Å². The van der Waals surface area contributed by atoms with Gasteiger partial charge in [0.15, 0.2) is 0 Å². The molecular formula is C10H13N3O3. The molecule has 1 amide bonds. The molecule has 0 aliphatic carbocycles. The van der Waals surface area contributed by atoms with Gasteiger partial charge >= 0.3 is 5.97 Å². The molecule has 1 aromatic heterocycles. The minimum atomic E-state index is -1.03. The highest BCUT2D eigenvalue weighted by Crippen LogP contribution is 2.08. The SMILES string of the molecule is O=C(O)c1cnn(CC(=O)N2CCCC2)c1. The van der Waals surface area contributed by atoms with Gasteiger partial charge in [-0.25, -0.2) is 4.79 Å². The number of hydrogen-bond acceptors (Lipinski definition) is 3. The number of hydrogen-bond donors (Lipinski definition) is 1. The van der Waals surface area contributed by atoms with Crippen molar-refractivity contribution in [3.05, 3.63) is 18.0 Å². The fourth-order valence-corrected chi connectivity index (χ4v) is 1.77. The first-order valence-electron chi connectivity index (χ1n) is 5.20. The second-order valence-corrected chi connectivity index (χ2v) is 3.82. The molecule has 1 N–H and O–H groups in total. The van der Waals surface area contributed by atoms with Crippen LogP contribution in [0.25, 0.3) is 0 Å². The summed E-state index contributed by atoms with van der Waals surface area (Å²) in [6, 6.07) is 0. The molecule has 1 aliphatic heterocycles. The van der Waals surface area contributed by atoms with Crippen molar-refractivity contribution in [2.45, 2.75) is 19.4 Å². The van der Waals surface area contributed by atoms with Gasteiger partial charge in [-0.05, 0) is 12.8 Å². The van der Waals surface area contributed by atoms with E-state index in [0.29, 0.717) is 0 Å².